The van der Waals surface area contributed by atoms with E-state index in [0.29, 0.717) is 6.42 Å². The molecule has 6 nitrogen and oxygen atoms in total. The standard InChI is InChI=1S/C11H22O6S2/c1-5-9(2)11(12)17-8-6-7-10(18(3,13)14)19(4,15)16/h9-10H,5-8H2,1-4H3. The Hall–Kier alpha value is -0.630. The van der Waals surface area contributed by atoms with Gasteiger partial charge in [-0.1, -0.05) is 13.8 Å². The largest absolute Gasteiger partial charge is 0.465 e. The van der Waals surface area contributed by atoms with Crippen LogP contribution in [-0.4, -0.2) is 46.5 Å². The van der Waals surface area contributed by atoms with Gasteiger partial charge < -0.3 is 4.74 Å². The summed E-state index contributed by atoms with van der Waals surface area (Å²) in [6, 6.07) is 0. The van der Waals surface area contributed by atoms with Crippen LogP contribution in [0.4, 0.5) is 0 Å². The van der Waals surface area contributed by atoms with E-state index < -0.39 is 24.3 Å². The van der Waals surface area contributed by atoms with Crippen LogP contribution in [-0.2, 0) is 29.2 Å². The Balaban J connectivity index is 4.36. The Morgan fingerprint density at radius 1 is 1.11 bits per heavy atom. The van der Waals surface area contributed by atoms with Crippen LogP contribution in [0.25, 0.3) is 0 Å². The molecule has 0 amide bonds. The monoisotopic (exact) mass is 314 g/mol. The molecule has 0 fully saturated rings. The fourth-order valence-electron chi connectivity index (χ4n) is 1.48. The molecule has 1 unspecified atom stereocenters. The van der Waals surface area contributed by atoms with Crippen LogP contribution >= 0.6 is 0 Å². The second-order valence-corrected chi connectivity index (χ2v) is 9.46. The normalized spacial score (nSPS) is 14.4. The summed E-state index contributed by atoms with van der Waals surface area (Å²) < 4.78 is 49.0. The molecule has 0 heterocycles. The molecule has 0 saturated carbocycles. The predicted molar refractivity (Wildman–Crippen MR) is 73.1 cm³/mol. The highest BCUT2D eigenvalue weighted by Gasteiger charge is 2.30. The molecule has 19 heavy (non-hydrogen) atoms. The molecule has 0 rings (SSSR count). The third-order valence-corrected chi connectivity index (χ3v) is 7.28. The van der Waals surface area contributed by atoms with Crippen molar-refractivity contribution in [2.24, 2.45) is 5.92 Å². The van der Waals surface area contributed by atoms with E-state index in [0.717, 1.165) is 12.5 Å². The Labute approximate surface area is 115 Å². The van der Waals surface area contributed by atoms with Gasteiger partial charge in [-0.3, -0.25) is 4.79 Å². The summed E-state index contributed by atoms with van der Waals surface area (Å²) in [5.41, 5.74) is 0. The average molecular weight is 314 g/mol. The van der Waals surface area contributed by atoms with Crippen molar-refractivity contribution < 1.29 is 26.4 Å². The number of carbonyl (C=O) groups is 1. The number of hydrogen-bond donors (Lipinski definition) is 0. The van der Waals surface area contributed by atoms with Crippen molar-refractivity contribution in [3.05, 3.63) is 0 Å². The van der Waals surface area contributed by atoms with E-state index in [4.69, 9.17) is 4.74 Å². The zero-order valence-electron chi connectivity index (χ0n) is 11.7. The quantitative estimate of drug-likeness (QED) is 0.485. The first-order valence-electron chi connectivity index (χ1n) is 6.04. The summed E-state index contributed by atoms with van der Waals surface area (Å²) in [6.07, 6.45) is 2.58. The number of esters is 1. The highest BCUT2D eigenvalue weighted by Crippen LogP contribution is 2.14. The van der Waals surface area contributed by atoms with Crippen LogP contribution in [0.1, 0.15) is 33.1 Å². The fourth-order valence-corrected chi connectivity index (χ4v) is 5.21. The molecule has 0 aliphatic rings. The minimum Gasteiger partial charge on any atom is -0.465 e. The molecule has 114 valence electrons. The second kappa shape index (κ2) is 7.23. The van der Waals surface area contributed by atoms with Crippen LogP contribution in [0.5, 0.6) is 0 Å². The number of ether oxygens (including phenoxy) is 1. The van der Waals surface area contributed by atoms with Crippen molar-refractivity contribution in [2.45, 2.75) is 37.7 Å². The zero-order chi connectivity index (χ0) is 15.3. The lowest BCUT2D eigenvalue weighted by atomic mass is 10.1. The Kier molecular flexibility index (Phi) is 6.99. The third-order valence-electron chi connectivity index (χ3n) is 2.80. The van der Waals surface area contributed by atoms with Crippen molar-refractivity contribution in [2.75, 3.05) is 19.1 Å². The van der Waals surface area contributed by atoms with Crippen molar-refractivity contribution in [1.82, 2.24) is 0 Å². The number of hydrogen-bond acceptors (Lipinski definition) is 6. The Morgan fingerprint density at radius 3 is 1.95 bits per heavy atom. The van der Waals surface area contributed by atoms with Gasteiger partial charge in [-0.2, -0.15) is 0 Å². The summed E-state index contributed by atoms with van der Waals surface area (Å²) in [5, 5.41) is 0. The van der Waals surface area contributed by atoms with Gasteiger partial charge in [0.1, 0.15) is 0 Å². The van der Waals surface area contributed by atoms with Gasteiger partial charge in [0.25, 0.3) is 0 Å². The molecule has 0 aromatic carbocycles. The van der Waals surface area contributed by atoms with E-state index in [1.165, 1.54) is 0 Å². The van der Waals surface area contributed by atoms with Crippen molar-refractivity contribution in [3.63, 3.8) is 0 Å². The lowest BCUT2D eigenvalue weighted by Crippen LogP contribution is -2.29. The van der Waals surface area contributed by atoms with Crippen molar-refractivity contribution in [1.29, 1.82) is 0 Å². The van der Waals surface area contributed by atoms with Gasteiger partial charge in [-0.05, 0) is 19.3 Å². The number of rotatable bonds is 8. The van der Waals surface area contributed by atoms with Gasteiger partial charge in [-0.15, -0.1) is 0 Å². The molecule has 0 aliphatic heterocycles. The third kappa shape index (κ3) is 6.91. The van der Waals surface area contributed by atoms with Crippen LogP contribution < -0.4 is 0 Å². The first-order chi connectivity index (χ1) is 8.50. The Morgan fingerprint density at radius 2 is 1.58 bits per heavy atom. The lowest BCUT2D eigenvalue weighted by Gasteiger charge is -2.13. The molecular weight excluding hydrogens is 292 g/mol. The SMILES string of the molecule is CCC(C)C(=O)OCCCC(S(C)(=O)=O)S(C)(=O)=O. The number of carbonyl (C=O) groups excluding carboxylic acids is 1. The fraction of sp³-hybridized carbons (Fsp3) is 0.909. The molecular formula is C11H22O6S2. The summed E-state index contributed by atoms with van der Waals surface area (Å²) >= 11 is 0. The molecule has 0 saturated heterocycles. The smallest absolute Gasteiger partial charge is 0.308 e. The van der Waals surface area contributed by atoms with E-state index in [1.807, 2.05) is 6.92 Å². The summed E-state index contributed by atoms with van der Waals surface area (Å²) in [7, 11) is -7.35. The lowest BCUT2D eigenvalue weighted by molar-refractivity contribution is -0.148. The topological polar surface area (TPSA) is 94.6 Å². The van der Waals surface area contributed by atoms with Gasteiger partial charge in [-0.25, -0.2) is 16.8 Å². The van der Waals surface area contributed by atoms with Crippen LogP contribution in [0.2, 0.25) is 0 Å². The van der Waals surface area contributed by atoms with E-state index >= 15 is 0 Å². The second-order valence-electron chi connectivity index (χ2n) is 4.71. The molecule has 0 aromatic heterocycles. The maximum absolute atomic E-state index is 11.4. The van der Waals surface area contributed by atoms with Crippen LogP contribution in [0.3, 0.4) is 0 Å². The van der Waals surface area contributed by atoms with E-state index in [9.17, 15) is 21.6 Å². The first kappa shape index (κ1) is 18.4. The molecule has 8 heteroatoms. The highest BCUT2D eigenvalue weighted by molar-refractivity contribution is 8.08. The van der Waals surface area contributed by atoms with Crippen LogP contribution in [0, 0.1) is 5.92 Å². The molecule has 0 aromatic rings. The van der Waals surface area contributed by atoms with Gasteiger partial charge in [0.15, 0.2) is 24.3 Å². The van der Waals surface area contributed by atoms with Gasteiger partial charge >= 0.3 is 5.97 Å². The minimum absolute atomic E-state index is 0.0325. The molecule has 1 atom stereocenters. The molecule has 0 bridgehead atoms. The van der Waals surface area contributed by atoms with E-state index in [1.54, 1.807) is 6.92 Å². The minimum atomic E-state index is -3.67. The van der Waals surface area contributed by atoms with E-state index in [-0.39, 0.29) is 31.3 Å². The zero-order valence-corrected chi connectivity index (χ0v) is 13.4. The first-order valence-corrected chi connectivity index (χ1v) is 9.95. The summed E-state index contributed by atoms with van der Waals surface area (Å²) in [5.74, 6) is -0.557. The highest BCUT2D eigenvalue weighted by atomic mass is 32.3. The van der Waals surface area contributed by atoms with Crippen molar-refractivity contribution in [3.8, 4) is 0 Å². The van der Waals surface area contributed by atoms with Crippen LogP contribution in [0.15, 0.2) is 0 Å². The predicted octanol–water partition coefficient (Wildman–Crippen LogP) is 0.771. The maximum atomic E-state index is 11.4. The molecule has 0 radical (unpaired) electrons. The Bertz CT molecular complexity index is 459. The average Bonchev–Trinajstić information content (AvgIpc) is 2.23. The summed E-state index contributed by atoms with van der Waals surface area (Å²) in [4.78, 5) is 11.4. The molecule has 0 spiro atoms. The maximum Gasteiger partial charge on any atom is 0.308 e. The number of sulfone groups is 2. The summed E-state index contributed by atoms with van der Waals surface area (Å²) in [6.45, 7) is 3.62. The van der Waals surface area contributed by atoms with Gasteiger partial charge in [0.2, 0.25) is 0 Å². The molecule has 0 aliphatic carbocycles. The van der Waals surface area contributed by atoms with E-state index in [2.05, 4.69) is 0 Å². The van der Waals surface area contributed by atoms with Gasteiger partial charge in [0, 0.05) is 12.5 Å². The van der Waals surface area contributed by atoms with Gasteiger partial charge in [0.05, 0.1) is 12.5 Å². The van der Waals surface area contributed by atoms with Crippen molar-refractivity contribution >= 4 is 25.6 Å². The molecule has 0 N–H and O–H groups in total.